The molecule has 1 aliphatic heterocycles. The molecule has 0 bridgehead atoms. The number of rotatable bonds is 4. The number of anilines is 1. The lowest BCUT2D eigenvalue weighted by molar-refractivity contribution is -0.137. The van der Waals surface area contributed by atoms with Crippen molar-refractivity contribution < 1.29 is 22.8 Å². The molecule has 1 saturated heterocycles. The Morgan fingerprint density at radius 3 is 2.58 bits per heavy atom. The molecule has 1 unspecified atom stereocenters. The van der Waals surface area contributed by atoms with E-state index in [0.29, 0.717) is 10.6 Å². The standard InChI is InChI=1S/C20H13Cl2F3N2O2S2/c1-10(17(28)26-13-6-3-5-12(9-13)20(23,24)25)27-18(29)15(31-19(27)30)8-11-4-2-7-14(21)16(11)22/h2-10H,1H3,(H,26,28)/b15-8-. The molecule has 1 fully saturated rings. The van der Waals surface area contributed by atoms with E-state index in [9.17, 15) is 22.8 Å². The van der Waals surface area contributed by atoms with Gasteiger partial charge in [0.05, 0.1) is 20.5 Å². The van der Waals surface area contributed by atoms with Crippen LogP contribution in [0, 0.1) is 0 Å². The van der Waals surface area contributed by atoms with E-state index in [4.69, 9.17) is 35.4 Å². The molecule has 3 rings (SSSR count). The zero-order chi connectivity index (χ0) is 22.9. The molecule has 162 valence electrons. The maximum atomic E-state index is 12.9. The molecule has 1 heterocycles. The van der Waals surface area contributed by atoms with Gasteiger partial charge in [-0.15, -0.1) is 0 Å². The van der Waals surface area contributed by atoms with Crippen LogP contribution in [0.25, 0.3) is 6.08 Å². The molecule has 0 radical (unpaired) electrons. The SMILES string of the molecule is CC(C(=O)Nc1cccc(C(F)(F)F)c1)N1C(=O)/C(=C/c2cccc(Cl)c2Cl)SC1=S. The summed E-state index contributed by atoms with van der Waals surface area (Å²) in [5.74, 6) is -1.20. The smallest absolute Gasteiger partial charge is 0.324 e. The largest absolute Gasteiger partial charge is 0.416 e. The highest BCUT2D eigenvalue weighted by atomic mass is 35.5. The van der Waals surface area contributed by atoms with Crippen molar-refractivity contribution in [2.45, 2.75) is 19.1 Å². The molecule has 4 nitrogen and oxygen atoms in total. The summed E-state index contributed by atoms with van der Waals surface area (Å²) in [7, 11) is 0. The third-order valence-electron chi connectivity index (χ3n) is 4.32. The molecule has 1 atom stereocenters. The van der Waals surface area contributed by atoms with Crippen LogP contribution in [-0.2, 0) is 15.8 Å². The van der Waals surface area contributed by atoms with Gasteiger partial charge in [-0.1, -0.05) is 65.4 Å². The van der Waals surface area contributed by atoms with Crippen LogP contribution in [0.15, 0.2) is 47.4 Å². The second-order valence-corrected chi connectivity index (χ2v) is 8.90. The molecular weight excluding hydrogens is 492 g/mol. The van der Waals surface area contributed by atoms with Crippen molar-refractivity contribution in [1.29, 1.82) is 0 Å². The molecule has 0 saturated carbocycles. The van der Waals surface area contributed by atoms with Gasteiger partial charge in [-0.3, -0.25) is 14.5 Å². The number of halogens is 5. The molecular formula is C20H13Cl2F3N2O2S2. The van der Waals surface area contributed by atoms with Crippen LogP contribution < -0.4 is 5.32 Å². The maximum absolute atomic E-state index is 12.9. The molecule has 2 aromatic rings. The first kappa shape index (κ1) is 23.6. The minimum absolute atomic E-state index is 0.0432. The van der Waals surface area contributed by atoms with Crippen molar-refractivity contribution in [3.63, 3.8) is 0 Å². The lowest BCUT2D eigenvalue weighted by Gasteiger charge is -2.22. The first-order valence-corrected chi connectivity index (χ1v) is 10.7. The number of nitrogens with zero attached hydrogens (tertiary/aromatic N) is 1. The van der Waals surface area contributed by atoms with Crippen LogP contribution in [0.5, 0.6) is 0 Å². The highest BCUT2D eigenvalue weighted by Crippen LogP contribution is 2.36. The minimum atomic E-state index is -4.54. The van der Waals surface area contributed by atoms with Gasteiger partial charge < -0.3 is 5.32 Å². The number of alkyl halides is 3. The number of hydrogen-bond acceptors (Lipinski definition) is 4. The topological polar surface area (TPSA) is 49.4 Å². The Kier molecular flexibility index (Phi) is 7.00. The van der Waals surface area contributed by atoms with Crippen LogP contribution in [-0.4, -0.2) is 27.1 Å². The van der Waals surface area contributed by atoms with E-state index in [-0.39, 0.29) is 19.9 Å². The highest BCUT2D eigenvalue weighted by molar-refractivity contribution is 8.26. The number of carbonyl (C=O) groups is 2. The van der Waals surface area contributed by atoms with Crippen molar-refractivity contribution in [2.24, 2.45) is 0 Å². The Hall–Kier alpha value is -2.07. The van der Waals surface area contributed by atoms with Crippen molar-refractivity contribution in [2.75, 3.05) is 5.32 Å². The average Bonchev–Trinajstić information content (AvgIpc) is 2.97. The van der Waals surface area contributed by atoms with Gasteiger partial charge in [-0.2, -0.15) is 13.2 Å². The van der Waals surface area contributed by atoms with E-state index in [0.717, 1.165) is 28.8 Å². The fraction of sp³-hybridized carbons (Fsp3) is 0.150. The number of amides is 2. The summed E-state index contributed by atoms with van der Waals surface area (Å²) in [4.78, 5) is 26.8. The zero-order valence-corrected chi connectivity index (χ0v) is 18.8. The molecule has 1 N–H and O–H groups in total. The van der Waals surface area contributed by atoms with Crippen molar-refractivity contribution in [3.05, 3.63) is 68.5 Å². The maximum Gasteiger partial charge on any atom is 0.416 e. The summed E-state index contributed by atoms with van der Waals surface area (Å²) in [5.41, 5.74) is -0.431. The fourth-order valence-electron chi connectivity index (χ4n) is 2.72. The third kappa shape index (κ3) is 5.23. The van der Waals surface area contributed by atoms with E-state index < -0.39 is 29.6 Å². The second kappa shape index (κ2) is 9.20. The first-order valence-electron chi connectivity index (χ1n) is 8.68. The summed E-state index contributed by atoms with van der Waals surface area (Å²) in [6, 6.07) is 8.11. The first-order chi connectivity index (χ1) is 14.5. The molecule has 1 aliphatic rings. The van der Waals surface area contributed by atoms with E-state index in [1.54, 1.807) is 18.2 Å². The van der Waals surface area contributed by atoms with Crippen LogP contribution in [0.4, 0.5) is 18.9 Å². The van der Waals surface area contributed by atoms with Crippen molar-refractivity contribution >= 4 is 75.1 Å². The highest BCUT2D eigenvalue weighted by Gasteiger charge is 2.38. The number of hydrogen-bond donors (Lipinski definition) is 1. The van der Waals surface area contributed by atoms with Crippen molar-refractivity contribution in [3.8, 4) is 0 Å². The number of thioether (sulfide) groups is 1. The van der Waals surface area contributed by atoms with Gasteiger partial charge in [-0.25, -0.2) is 0 Å². The van der Waals surface area contributed by atoms with Gasteiger partial charge >= 0.3 is 6.18 Å². The monoisotopic (exact) mass is 504 g/mol. The van der Waals surface area contributed by atoms with Gasteiger partial charge in [-0.05, 0) is 42.8 Å². The van der Waals surface area contributed by atoms with Crippen LogP contribution >= 0.6 is 47.2 Å². The van der Waals surface area contributed by atoms with Gasteiger partial charge in [0.2, 0.25) is 5.91 Å². The Balaban J connectivity index is 1.79. The second-order valence-electron chi connectivity index (χ2n) is 6.44. The van der Waals surface area contributed by atoms with Crippen molar-refractivity contribution in [1.82, 2.24) is 4.90 Å². The molecule has 31 heavy (non-hydrogen) atoms. The predicted molar refractivity (Wildman–Crippen MR) is 121 cm³/mol. The van der Waals surface area contributed by atoms with E-state index in [2.05, 4.69) is 5.32 Å². The van der Waals surface area contributed by atoms with Gasteiger partial charge in [0.25, 0.3) is 5.91 Å². The summed E-state index contributed by atoms with van der Waals surface area (Å²) in [6.07, 6.45) is -3.03. The summed E-state index contributed by atoms with van der Waals surface area (Å²) >= 11 is 18.4. The Labute approximate surface area is 195 Å². The predicted octanol–water partition coefficient (Wildman–Crippen LogP) is 6.24. The lowest BCUT2D eigenvalue weighted by Crippen LogP contribution is -2.44. The molecule has 2 aromatic carbocycles. The quantitative estimate of drug-likeness (QED) is 0.395. The Morgan fingerprint density at radius 1 is 1.23 bits per heavy atom. The van der Waals surface area contributed by atoms with Gasteiger partial charge in [0.15, 0.2) is 0 Å². The van der Waals surface area contributed by atoms with Crippen LogP contribution in [0.2, 0.25) is 10.0 Å². The Morgan fingerprint density at radius 2 is 1.90 bits per heavy atom. The fourth-order valence-corrected chi connectivity index (χ4v) is 4.50. The Bertz CT molecular complexity index is 1110. The number of nitrogens with one attached hydrogen (secondary N) is 1. The van der Waals surface area contributed by atoms with E-state index in [1.807, 2.05) is 0 Å². The summed E-state index contributed by atoms with van der Waals surface area (Å²) in [6.45, 7) is 1.43. The summed E-state index contributed by atoms with van der Waals surface area (Å²) < 4.78 is 38.8. The average molecular weight is 505 g/mol. The molecule has 2 amide bonds. The normalized spacial score (nSPS) is 16.7. The number of thiocarbonyl (C=S) groups is 1. The third-order valence-corrected chi connectivity index (χ3v) is 6.48. The van der Waals surface area contributed by atoms with E-state index in [1.165, 1.54) is 25.1 Å². The number of benzene rings is 2. The summed E-state index contributed by atoms with van der Waals surface area (Å²) in [5, 5.41) is 2.98. The minimum Gasteiger partial charge on any atom is -0.324 e. The molecule has 0 aliphatic carbocycles. The lowest BCUT2D eigenvalue weighted by atomic mass is 10.1. The van der Waals surface area contributed by atoms with Gasteiger partial charge in [0.1, 0.15) is 10.4 Å². The van der Waals surface area contributed by atoms with E-state index >= 15 is 0 Å². The van der Waals surface area contributed by atoms with Crippen LogP contribution in [0.3, 0.4) is 0 Å². The molecule has 0 spiro atoms. The number of carbonyl (C=O) groups excluding carboxylic acids is 2. The molecule has 0 aromatic heterocycles. The van der Waals surface area contributed by atoms with Gasteiger partial charge in [0, 0.05) is 5.69 Å². The zero-order valence-electron chi connectivity index (χ0n) is 15.7. The molecule has 11 heteroatoms. The van der Waals surface area contributed by atoms with Crippen LogP contribution in [0.1, 0.15) is 18.1 Å².